The minimum absolute atomic E-state index is 0.508. The van der Waals surface area contributed by atoms with Crippen LogP contribution in [0.25, 0.3) is 0 Å². The lowest BCUT2D eigenvalue weighted by Crippen LogP contribution is -2.46. The van der Waals surface area contributed by atoms with Gasteiger partial charge in [-0.2, -0.15) is 0 Å². The van der Waals surface area contributed by atoms with E-state index < -0.39 is 5.72 Å². The van der Waals surface area contributed by atoms with E-state index in [1.54, 1.807) is 6.20 Å². The summed E-state index contributed by atoms with van der Waals surface area (Å²) in [5, 5.41) is 11.5. The van der Waals surface area contributed by atoms with Gasteiger partial charge in [0.25, 0.3) is 0 Å². The van der Waals surface area contributed by atoms with Gasteiger partial charge in [-0.25, -0.2) is 9.47 Å². The lowest BCUT2D eigenvalue weighted by molar-refractivity contribution is -0.685. The van der Waals surface area contributed by atoms with Crippen LogP contribution in [0.1, 0.15) is 51.0 Å². The first-order chi connectivity index (χ1) is 12.1. The average Bonchev–Trinajstić information content (AvgIpc) is 2.91. The van der Waals surface area contributed by atoms with Crippen molar-refractivity contribution in [1.82, 2.24) is 4.98 Å². The highest BCUT2D eigenvalue weighted by molar-refractivity contribution is 9.10. The lowest BCUT2D eigenvalue weighted by atomic mass is 10.0. The molecule has 0 unspecified atom stereocenters. The molecule has 1 atom stereocenters. The number of hydrogen-bond acceptors (Lipinski definition) is 3. The molecule has 0 radical (unpaired) electrons. The topological polar surface area (TPSA) is 40.2 Å². The lowest BCUT2D eigenvalue weighted by Gasteiger charge is -2.28. The van der Waals surface area contributed by atoms with Crippen molar-refractivity contribution < 1.29 is 9.67 Å². The highest BCUT2D eigenvalue weighted by Gasteiger charge is 2.50. The van der Waals surface area contributed by atoms with Crippen molar-refractivity contribution in [3.05, 3.63) is 52.8 Å². The summed E-state index contributed by atoms with van der Waals surface area (Å²) < 4.78 is 3.06. The second-order valence-electron chi connectivity index (χ2n) is 6.79. The van der Waals surface area contributed by atoms with Gasteiger partial charge in [-0.3, -0.25) is 0 Å². The molecule has 0 amide bonds. The van der Waals surface area contributed by atoms with Crippen molar-refractivity contribution in [3.8, 4) is 0 Å². The van der Waals surface area contributed by atoms with Gasteiger partial charge in [-0.05, 0) is 18.6 Å². The number of unbranched alkanes of at least 4 members (excludes halogenated alkanes) is 5. The Morgan fingerprint density at radius 1 is 1.16 bits per heavy atom. The van der Waals surface area contributed by atoms with Crippen LogP contribution < -0.4 is 9.47 Å². The molecule has 1 aromatic carbocycles. The number of anilines is 1. The van der Waals surface area contributed by atoms with Crippen LogP contribution in [-0.4, -0.2) is 16.6 Å². The maximum atomic E-state index is 11.5. The second kappa shape index (κ2) is 8.28. The Kier molecular flexibility index (Phi) is 6.07. The zero-order valence-corrected chi connectivity index (χ0v) is 16.5. The predicted molar refractivity (Wildman–Crippen MR) is 103 cm³/mol. The first-order valence-electron chi connectivity index (χ1n) is 9.25. The number of aliphatic hydroxyl groups is 1. The minimum atomic E-state index is -1.04. The minimum Gasteiger partial charge on any atom is -0.353 e. The van der Waals surface area contributed by atoms with E-state index in [1.165, 1.54) is 32.1 Å². The Morgan fingerprint density at radius 3 is 2.64 bits per heavy atom. The number of rotatable bonds is 8. The van der Waals surface area contributed by atoms with Crippen molar-refractivity contribution in [2.75, 3.05) is 11.4 Å². The highest BCUT2D eigenvalue weighted by Crippen LogP contribution is 2.34. The number of halogens is 1. The molecule has 4 nitrogen and oxygen atoms in total. The summed E-state index contributed by atoms with van der Waals surface area (Å²) in [5.41, 5.74) is -0.127. The van der Waals surface area contributed by atoms with Gasteiger partial charge in [0, 0.05) is 16.1 Å². The molecule has 0 saturated carbocycles. The van der Waals surface area contributed by atoms with Crippen LogP contribution in [0, 0.1) is 0 Å². The van der Waals surface area contributed by atoms with Crippen LogP contribution in [0.3, 0.4) is 0 Å². The van der Waals surface area contributed by atoms with E-state index in [9.17, 15) is 5.11 Å². The molecule has 134 valence electrons. The Labute approximate surface area is 158 Å². The second-order valence-corrected chi connectivity index (χ2v) is 7.71. The zero-order chi connectivity index (χ0) is 17.7. The standard InChI is InChI=1S/C20H27BrN3O/c1-2-3-4-5-6-7-15-24-19-22-13-8-14-23(19)16-20(24,25)17-9-11-18(21)12-10-17/h8-14,25H,2-7,15-16H2,1H3/q+1/t20-/m1/s1. The van der Waals surface area contributed by atoms with E-state index in [0.29, 0.717) is 6.54 Å². The summed E-state index contributed by atoms with van der Waals surface area (Å²) in [5.74, 6) is 0.849. The zero-order valence-electron chi connectivity index (χ0n) is 14.9. The van der Waals surface area contributed by atoms with Gasteiger partial charge in [0.1, 0.15) is 12.7 Å². The molecule has 0 aliphatic carbocycles. The third-order valence-electron chi connectivity index (χ3n) is 4.92. The quantitative estimate of drug-likeness (QED) is 0.530. The number of hydrogen-bond donors (Lipinski definition) is 1. The Morgan fingerprint density at radius 2 is 1.88 bits per heavy atom. The summed E-state index contributed by atoms with van der Waals surface area (Å²) in [6, 6.07) is 9.86. The summed E-state index contributed by atoms with van der Waals surface area (Å²) in [6.45, 7) is 3.56. The van der Waals surface area contributed by atoms with Gasteiger partial charge in [-0.15, -0.1) is 0 Å². The molecule has 1 aromatic heterocycles. The van der Waals surface area contributed by atoms with Crippen molar-refractivity contribution in [1.29, 1.82) is 0 Å². The van der Waals surface area contributed by atoms with Gasteiger partial charge >= 0.3 is 5.95 Å². The van der Waals surface area contributed by atoms with Crippen LogP contribution in [0.2, 0.25) is 0 Å². The third-order valence-corrected chi connectivity index (χ3v) is 5.45. The van der Waals surface area contributed by atoms with Crippen molar-refractivity contribution >= 4 is 21.9 Å². The molecule has 2 aromatic rings. The van der Waals surface area contributed by atoms with Gasteiger partial charge in [-0.1, -0.05) is 72.1 Å². The average molecular weight is 405 g/mol. The maximum Gasteiger partial charge on any atom is 0.396 e. The summed E-state index contributed by atoms with van der Waals surface area (Å²) in [6.07, 6.45) is 11.2. The first kappa shape index (κ1) is 18.3. The van der Waals surface area contributed by atoms with Crippen molar-refractivity contribution in [3.63, 3.8) is 0 Å². The number of nitrogens with zero attached hydrogens (tertiary/aromatic N) is 3. The third kappa shape index (κ3) is 4.04. The SMILES string of the molecule is CCCCCCCCN1c2nccc[n+]2C[C@@]1(O)c1ccc(Br)cc1. The van der Waals surface area contributed by atoms with Crippen LogP contribution in [-0.2, 0) is 12.3 Å². The summed E-state index contributed by atoms with van der Waals surface area (Å²) in [7, 11) is 0. The van der Waals surface area contributed by atoms with Gasteiger partial charge in [0.05, 0.1) is 12.7 Å². The Hall–Kier alpha value is -1.46. The Bertz CT molecular complexity index is 692. The number of fused-ring (bicyclic) bond motifs is 1. The van der Waals surface area contributed by atoms with E-state index in [1.807, 2.05) is 41.1 Å². The highest BCUT2D eigenvalue weighted by atomic mass is 79.9. The van der Waals surface area contributed by atoms with E-state index in [0.717, 1.165) is 29.0 Å². The predicted octanol–water partition coefficient (Wildman–Crippen LogP) is 4.16. The molecule has 0 fully saturated rings. The fourth-order valence-electron chi connectivity index (χ4n) is 3.53. The van der Waals surface area contributed by atoms with Gasteiger partial charge in [0.15, 0.2) is 0 Å². The number of aromatic nitrogens is 2. The molecule has 0 saturated heterocycles. The van der Waals surface area contributed by atoms with Gasteiger partial charge in [0.2, 0.25) is 5.72 Å². The molecule has 0 spiro atoms. The summed E-state index contributed by atoms with van der Waals surface area (Å²) in [4.78, 5) is 6.59. The molecule has 2 heterocycles. The Balaban J connectivity index is 1.76. The molecular formula is C20H27BrN3O+. The smallest absolute Gasteiger partial charge is 0.353 e. The molecule has 5 heteroatoms. The van der Waals surface area contributed by atoms with Gasteiger partial charge < -0.3 is 5.11 Å². The van der Waals surface area contributed by atoms with Crippen LogP contribution in [0.5, 0.6) is 0 Å². The molecule has 3 rings (SSSR count). The normalized spacial score (nSPS) is 19.2. The van der Waals surface area contributed by atoms with E-state index >= 15 is 0 Å². The van der Waals surface area contributed by atoms with E-state index in [-0.39, 0.29) is 0 Å². The van der Waals surface area contributed by atoms with E-state index in [2.05, 4.69) is 32.7 Å². The fourth-order valence-corrected chi connectivity index (χ4v) is 3.79. The molecule has 1 aliphatic heterocycles. The first-order valence-corrected chi connectivity index (χ1v) is 10.0. The molecular weight excluding hydrogens is 378 g/mol. The monoisotopic (exact) mass is 404 g/mol. The molecule has 0 bridgehead atoms. The van der Waals surface area contributed by atoms with Crippen LogP contribution in [0.15, 0.2) is 47.2 Å². The van der Waals surface area contributed by atoms with Crippen LogP contribution >= 0.6 is 15.9 Å². The fraction of sp³-hybridized carbons (Fsp3) is 0.500. The molecule has 25 heavy (non-hydrogen) atoms. The molecule has 1 aliphatic rings. The largest absolute Gasteiger partial charge is 0.396 e. The van der Waals surface area contributed by atoms with E-state index in [4.69, 9.17) is 0 Å². The molecule has 1 N–H and O–H groups in total. The van der Waals surface area contributed by atoms with Crippen LogP contribution in [0.4, 0.5) is 5.95 Å². The van der Waals surface area contributed by atoms with Crippen molar-refractivity contribution in [2.45, 2.75) is 57.7 Å². The summed E-state index contributed by atoms with van der Waals surface area (Å²) >= 11 is 3.47. The maximum absolute atomic E-state index is 11.5. The number of benzene rings is 1. The van der Waals surface area contributed by atoms with Crippen molar-refractivity contribution in [2.24, 2.45) is 0 Å².